The monoisotopic (exact) mass is 222 g/mol. The van der Waals surface area contributed by atoms with Gasteiger partial charge in [0.15, 0.2) is 0 Å². The Kier molecular flexibility index (Phi) is 4.52. The van der Waals surface area contributed by atoms with Crippen molar-refractivity contribution in [2.75, 3.05) is 29.9 Å². The topological polar surface area (TPSA) is 41.1 Å². The van der Waals surface area contributed by atoms with Gasteiger partial charge in [0.2, 0.25) is 5.95 Å². The van der Waals surface area contributed by atoms with Gasteiger partial charge in [0, 0.05) is 30.9 Å². The number of rotatable bonds is 5. The molecule has 1 N–H and O–H groups in total. The van der Waals surface area contributed by atoms with Gasteiger partial charge in [-0.05, 0) is 34.6 Å². The van der Waals surface area contributed by atoms with Crippen molar-refractivity contribution in [1.29, 1.82) is 0 Å². The Morgan fingerprint density at radius 1 is 1.06 bits per heavy atom. The molecule has 0 bridgehead atoms. The van der Waals surface area contributed by atoms with E-state index in [0.717, 1.165) is 42.7 Å². The summed E-state index contributed by atoms with van der Waals surface area (Å²) in [7, 11) is 0. The fraction of sp³-hybridized carbons (Fsp3) is 0.667. The number of hydrogen-bond donors (Lipinski definition) is 1. The van der Waals surface area contributed by atoms with E-state index in [-0.39, 0.29) is 0 Å². The molecule has 0 amide bonds. The minimum atomic E-state index is 0.823. The van der Waals surface area contributed by atoms with E-state index in [9.17, 15) is 0 Å². The average molecular weight is 222 g/mol. The first-order valence-corrected chi connectivity index (χ1v) is 5.98. The predicted octanol–water partition coefficient (Wildman–Crippen LogP) is 2.37. The molecule has 0 radical (unpaired) electrons. The molecule has 0 saturated heterocycles. The Morgan fingerprint density at radius 2 is 1.69 bits per heavy atom. The van der Waals surface area contributed by atoms with Crippen LogP contribution in [-0.4, -0.2) is 29.6 Å². The van der Waals surface area contributed by atoms with Crippen LogP contribution in [0.3, 0.4) is 0 Å². The second kappa shape index (κ2) is 5.68. The van der Waals surface area contributed by atoms with E-state index in [1.165, 1.54) is 0 Å². The molecule has 0 aliphatic rings. The third-order valence-electron chi connectivity index (χ3n) is 2.77. The minimum absolute atomic E-state index is 0.823. The van der Waals surface area contributed by atoms with Crippen LogP contribution in [0.15, 0.2) is 0 Å². The zero-order valence-corrected chi connectivity index (χ0v) is 11.0. The van der Waals surface area contributed by atoms with Crippen LogP contribution in [-0.2, 0) is 0 Å². The fourth-order valence-corrected chi connectivity index (χ4v) is 1.60. The summed E-state index contributed by atoms with van der Waals surface area (Å²) >= 11 is 0. The highest BCUT2D eigenvalue weighted by Crippen LogP contribution is 2.18. The Hall–Kier alpha value is -1.32. The highest BCUT2D eigenvalue weighted by Gasteiger charge is 2.10. The molecule has 0 aliphatic carbocycles. The van der Waals surface area contributed by atoms with Gasteiger partial charge < -0.3 is 10.2 Å². The number of aromatic nitrogens is 2. The third-order valence-corrected chi connectivity index (χ3v) is 2.77. The van der Waals surface area contributed by atoms with Gasteiger partial charge in [0.25, 0.3) is 0 Å². The summed E-state index contributed by atoms with van der Waals surface area (Å²) in [5.74, 6) is 1.78. The van der Waals surface area contributed by atoms with Crippen molar-refractivity contribution in [2.24, 2.45) is 0 Å². The van der Waals surface area contributed by atoms with E-state index in [1.54, 1.807) is 0 Å². The molecule has 0 aromatic carbocycles. The molecule has 0 atom stereocenters. The van der Waals surface area contributed by atoms with Crippen molar-refractivity contribution >= 4 is 11.8 Å². The van der Waals surface area contributed by atoms with E-state index in [2.05, 4.69) is 47.9 Å². The Balaban J connectivity index is 3.12. The van der Waals surface area contributed by atoms with Crippen molar-refractivity contribution in [3.05, 3.63) is 11.3 Å². The standard InChI is InChI=1S/C12H22N4/c1-6-13-11-9(4)10(5)14-12(15-11)16(7-2)8-3/h6-8H2,1-5H3,(H,13,14,15). The maximum atomic E-state index is 4.57. The lowest BCUT2D eigenvalue weighted by molar-refractivity contribution is 0.813. The van der Waals surface area contributed by atoms with Crippen LogP contribution in [0.2, 0.25) is 0 Å². The number of nitrogens with zero attached hydrogens (tertiary/aromatic N) is 3. The highest BCUT2D eigenvalue weighted by molar-refractivity contribution is 5.50. The number of anilines is 2. The fourth-order valence-electron chi connectivity index (χ4n) is 1.60. The summed E-state index contributed by atoms with van der Waals surface area (Å²) in [6.45, 7) is 13.2. The molecule has 4 heteroatoms. The zero-order valence-electron chi connectivity index (χ0n) is 11.0. The smallest absolute Gasteiger partial charge is 0.227 e. The van der Waals surface area contributed by atoms with Crippen LogP contribution in [0, 0.1) is 13.8 Å². The van der Waals surface area contributed by atoms with Gasteiger partial charge >= 0.3 is 0 Å². The minimum Gasteiger partial charge on any atom is -0.370 e. The highest BCUT2D eigenvalue weighted by atomic mass is 15.3. The maximum absolute atomic E-state index is 4.57. The van der Waals surface area contributed by atoms with Gasteiger partial charge in [-0.15, -0.1) is 0 Å². The largest absolute Gasteiger partial charge is 0.370 e. The van der Waals surface area contributed by atoms with Gasteiger partial charge in [-0.3, -0.25) is 0 Å². The molecule has 16 heavy (non-hydrogen) atoms. The van der Waals surface area contributed by atoms with Gasteiger partial charge in [0.1, 0.15) is 5.82 Å². The van der Waals surface area contributed by atoms with Gasteiger partial charge in [0.05, 0.1) is 0 Å². The molecular weight excluding hydrogens is 200 g/mol. The quantitative estimate of drug-likeness (QED) is 0.830. The summed E-state index contributed by atoms with van der Waals surface area (Å²) < 4.78 is 0. The van der Waals surface area contributed by atoms with E-state index in [1.807, 2.05) is 6.92 Å². The first kappa shape index (κ1) is 12.7. The van der Waals surface area contributed by atoms with Crippen molar-refractivity contribution in [2.45, 2.75) is 34.6 Å². The Morgan fingerprint density at radius 3 is 2.19 bits per heavy atom. The van der Waals surface area contributed by atoms with E-state index >= 15 is 0 Å². The Labute approximate surface area is 98.1 Å². The lowest BCUT2D eigenvalue weighted by Crippen LogP contribution is -2.25. The van der Waals surface area contributed by atoms with Crippen LogP contribution in [0.5, 0.6) is 0 Å². The molecule has 0 aliphatic heterocycles. The van der Waals surface area contributed by atoms with E-state index in [0.29, 0.717) is 0 Å². The summed E-state index contributed by atoms with van der Waals surface area (Å²) in [4.78, 5) is 11.3. The SMILES string of the molecule is CCNc1nc(N(CC)CC)nc(C)c1C. The van der Waals surface area contributed by atoms with Gasteiger partial charge in [-0.1, -0.05) is 0 Å². The molecule has 1 aromatic heterocycles. The van der Waals surface area contributed by atoms with Crippen molar-refractivity contribution < 1.29 is 0 Å². The molecule has 0 saturated carbocycles. The van der Waals surface area contributed by atoms with Crippen molar-refractivity contribution in [3.8, 4) is 0 Å². The summed E-state index contributed by atoms with van der Waals surface area (Å²) in [6, 6.07) is 0. The number of hydrogen-bond acceptors (Lipinski definition) is 4. The van der Waals surface area contributed by atoms with Crippen LogP contribution in [0.1, 0.15) is 32.0 Å². The molecule has 1 aromatic rings. The van der Waals surface area contributed by atoms with Crippen molar-refractivity contribution in [1.82, 2.24) is 9.97 Å². The van der Waals surface area contributed by atoms with Crippen molar-refractivity contribution in [3.63, 3.8) is 0 Å². The molecule has 1 heterocycles. The van der Waals surface area contributed by atoms with Gasteiger partial charge in [-0.2, -0.15) is 4.98 Å². The molecular formula is C12H22N4. The van der Waals surface area contributed by atoms with Crippen LogP contribution in [0.25, 0.3) is 0 Å². The number of nitrogens with one attached hydrogen (secondary N) is 1. The average Bonchev–Trinajstić information content (AvgIpc) is 2.27. The Bertz CT molecular complexity index is 345. The maximum Gasteiger partial charge on any atom is 0.227 e. The lowest BCUT2D eigenvalue weighted by atomic mass is 10.2. The molecule has 90 valence electrons. The van der Waals surface area contributed by atoms with E-state index < -0.39 is 0 Å². The first-order valence-electron chi connectivity index (χ1n) is 5.98. The molecule has 0 unspecified atom stereocenters. The lowest BCUT2D eigenvalue weighted by Gasteiger charge is -2.20. The molecule has 0 spiro atoms. The third kappa shape index (κ3) is 2.62. The van der Waals surface area contributed by atoms with Crippen LogP contribution >= 0.6 is 0 Å². The first-order chi connectivity index (χ1) is 7.63. The predicted molar refractivity (Wildman–Crippen MR) is 69.2 cm³/mol. The second-order valence-corrected chi connectivity index (χ2v) is 3.79. The van der Waals surface area contributed by atoms with Crippen LogP contribution < -0.4 is 10.2 Å². The zero-order chi connectivity index (χ0) is 12.1. The van der Waals surface area contributed by atoms with E-state index in [4.69, 9.17) is 0 Å². The summed E-state index contributed by atoms with van der Waals surface area (Å²) in [5, 5.41) is 3.28. The second-order valence-electron chi connectivity index (χ2n) is 3.79. The molecule has 0 fully saturated rings. The van der Waals surface area contributed by atoms with Crippen LogP contribution in [0.4, 0.5) is 11.8 Å². The molecule has 4 nitrogen and oxygen atoms in total. The normalized spacial score (nSPS) is 10.3. The number of aryl methyl sites for hydroxylation is 1. The summed E-state index contributed by atoms with van der Waals surface area (Å²) in [5.41, 5.74) is 2.19. The molecule has 1 rings (SSSR count). The summed E-state index contributed by atoms with van der Waals surface area (Å²) in [6.07, 6.45) is 0. The van der Waals surface area contributed by atoms with Gasteiger partial charge in [-0.25, -0.2) is 4.98 Å².